The molecule has 4 aromatic rings. The number of aliphatic hydroxyl groups excluding tert-OH is 1. The Morgan fingerprint density at radius 2 is 1.68 bits per heavy atom. The summed E-state index contributed by atoms with van der Waals surface area (Å²) in [5.41, 5.74) is 5.86. The van der Waals surface area contributed by atoms with Gasteiger partial charge in [0.25, 0.3) is 11.7 Å². The first kappa shape index (κ1) is 24.4. The van der Waals surface area contributed by atoms with Gasteiger partial charge < -0.3 is 15.0 Å². The second-order valence-electron chi connectivity index (χ2n) is 9.47. The van der Waals surface area contributed by atoms with Crippen molar-refractivity contribution < 1.29 is 14.7 Å². The number of amides is 1. The number of nitrogens with one attached hydrogen (secondary N) is 1. The monoisotopic (exact) mass is 493 g/mol. The van der Waals surface area contributed by atoms with Crippen molar-refractivity contribution in [2.24, 2.45) is 0 Å². The lowest BCUT2D eigenvalue weighted by atomic mass is 9.94. The zero-order chi connectivity index (χ0) is 26.3. The molecule has 0 saturated carbocycles. The number of rotatable bonds is 6. The van der Waals surface area contributed by atoms with E-state index in [0.29, 0.717) is 11.3 Å². The van der Waals surface area contributed by atoms with Crippen LogP contribution in [0.1, 0.15) is 42.1 Å². The number of fused-ring (bicyclic) bond motifs is 1. The van der Waals surface area contributed by atoms with Crippen molar-refractivity contribution in [1.82, 2.24) is 4.98 Å². The van der Waals surface area contributed by atoms with Gasteiger partial charge in [-0.25, -0.2) is 0 Å². The van der Waals surface area contributed by atoms with Crippen molar-refractivity contribution in [3.8, 4) is 0 Å². The predicted molar refractivity (Wildman–Crippen MR) is 149 cm³/mol. The van der Waals surface area contributed by atoms with Crippen LogP contribution in [-0.2, 0) is 9.59 Å². The van der Waals surface area contributed by atoms with Crippen LogP contribution in [0.3, 0.4) is 0 Å². The minimum Gasteiger partial charge on any atom is -0.507 e. The molecule has 6 nitrogen and oxygen atoms in total. The van der Waals surface area contributed by atoms with Crippen molar-refractivity contribution in [2.75, 3.05) is 22.9 Å². The predicted octanol–water partition coefficient (Wildman–Crippen LogP) is 6.26. The molecular formula is C31H31N3O3. The number of carbonyl (C=O) groups is 2. The molecule has 2 N–H and O–H groups in total. The molecule has 188 valence electrons. The fourth-order valence-electron chi connectivity index (χ4n) is 5.34. The molecule has 1 aliphatic rings. The Morgan fingerprint density at radius 3 is 2.35 bits per heavy atom. The Bertz CT molecular complexity index is 1530. The minimum absolute atomic E-state index is 0.0883. The highest BCUT2D eigenvalue weighted by atomic mass is 16.3. The molecule has 1 aliphatic heterocycles. The molecule has 37 heavy (non-hydrogen) atoms. The van der Waals surface area contributed by atoms with Gasteiger partial charge in [-0.3, -0.25) is 14.5 Å². The number of aliphatic hydroxyl groups is 1. The van der Waals surface area contributed by atoms with Gasteiger partial charge in [0, 0.05) is 47.1 Å². The topological polar surface area (TPSA) is 76.6 Å². The number of Topliss-reactive ketones (excluding diaryl/α,β-unsaturated/α-hetero) is 1. The number of carbonyl (C=O) groups excluding carboxylic acids is 2. The van der Waals surface area contributed by atoms with Gasteiger partial charge in [-0.15, -0.1) is 0 Å². The van der Waals surface area contributed by atoms with Crippen LogP contribution in [0.25, 0.3) is 16.7 Å². The number of anilines is 2. The van der Waals surface area contributed by atoms with E-state index < -0.39 is 17.7 Å². The number of nitrogens with zero attached hydrogens (tertiary/aromatic N) is 2. The maximum Gasteiger partial charge on any atom is 0.300 e. The summed E-state index contributed by atoms with van der Waals surface area (Å²) in [6, 6.07) is 20.5. The van der Waals surface area contributed by atoms with E-state index in [2.05, 4.69) is 23.7 Å². The summed E-state index contributed by atoms with van der Waals surface area (Å²) in [6.45, 7) is 9.88. The third-order valence-corrected chi connectivity index (χ3v) is 7.24. The number of aromatic amines is 1. The molecule has 3 aromatic carbocycles. The van der Waals surface area contributed by atoms with Crippen LogP contribution in [0.4, 0.5) is 11.4 Å². The molecule has 0 aliphatic carbocycles. The first-order valence-corrected chi connectivity index (χ1v) is 12.6. The molecule has 1 aromatic heterocycles. The Labute approximate surface area is 216 Å². The maximum absolute atomic E-state index is 13.6. The molecule has 1 amide bonds. The minimum atomic E-state index is -0.763. The van der Waals surface area contributed by atoms with Gasteiger partial charge in [-0.05, 0) is 63.1 Å². The maximum atomic E-state index is 13.6. The van der Waals surface area contributed by atoms with E-state index in [1.807, 2.05) is 80.6 Å². The van der Waals surface area contributed by atoms with Crippen LogP contribution in [0.15, 0.2) is 78.5 Å². The quantitative estimate of drug-likeness (QED) is 0.189. The number of para-hydroxylation sites is 1. The highest BCUT2D eigenvalue weighted by Gasteiger charge is 2.47. The van der Waals surface area contributed by atoms with E-state index in [1.54, 1.807) is 6.20 Å². The van der Waals surface area contributed by atoms with Gasteiger partial charge in [-0.1, -0.05) is 48.0 Å². The van der Waals surface area contributed by atoms with E-state index in [0.717, 1.165) is 46.4 Å². The van der Waals surface area contributed by atoms with Crippen molar-refractivity contribution in [3.63, 3.8) is 0 Å². The van der Waals surface area contributed by atoms with E-state index >= 15 is 0 Å². The SMILES string of the molecule is CCN(CC)c1ccc(C2/C(=C(/O)c3c[nH]c4ccccc34)C(=O)C(=O)N2c2ccc(C)cc2C)cc1. The highest BCUT2D eigenvalue weighted by molar-refractivity contribution is 6.52. The van der Waals surface area contributed by atoms with Gasteiger partial charge in [0.1, 0.15) is 5.76 Å². The Kier molecular flexibility index (Phi) is 6.34. The number of H-pyrrole nitrogens is 1. The van der Waals surface area contributed by atoms with Crippen LogP contribution in [0.5, 0.6) is 0 Å². The molecule has 1 atom stereocenters. The number of aromatic nitrogens is 1. The number of ketones is 1. The molecule has 0 bridgehead atoms. The van der Waals surface area contributed by atoms with E-state index in [9.17, 15) is 14.7 Å². The molecule has 6 heteroatoms. The normalized spacial score (nSPS) is 17.1. The Morgan fingerprint density at radius 1 is 0.973 bits per heavy atom. The van der Waals surface area contributed by atoms with E-state index in [-0.39, 0.29) is 11.3 Å². The standard InChI is InChI=1S/C31H31N3O3/c1-5-33(6-2)22-14-12-21(13-15-22)28-27(29(35)24-18-32-25-10-8-7-9-23(24)25)30(36)31(37)34(28)26-16-11-19(3)17-20(26)4/h7-18,28,32,35H,5-6H2,1-4H3/b29-27-. The van der Waals surface area contributed by atoms with Crippen molar-refractivity contribution in [1.29, 1.82) is 0 Å². The summed E-state index contributed by atoms with van der Waals surface area (Å²) in [5, 5.41) is 12.4. The summed E-state index contributed by atoms with van der Waals surface area (Å²) in [5.74, 6) is -1.52. The van der Waals surface area contributed by atoms with Crippen molar-refractivity contribution in [3.05, 3.63) is 101 Å². The van der Waals surface area contributed by atoms with Crippen LogP contribution in [0, 0.1) is 13.8 Å². The van der Waals surface area contributed by atoms with Crippen LogP contribution < -0.4 is 9.80 Å². The molecule has 0 spiro atoms. The molecule has 1 fully saturated rings. The number of hydrogen-bond donors (Lipinski definition) is 2. The third-order valence-electron chi connectivity index (χ3n) is 7.24. The second-order valence-corrected chi connectivity index (χ2v) is 9.47. The fourth-order valence-corrected chi connectivity index (χ4v) is 5.34. The van der Waals surface area contributed by atoms with Gasteiger partial charge in [0.2, 0.25) is 0 Å². The largest absolute Gasteiger partial charge is 0.507 e. The summed E-state index contributed by atoms with van der Waals surface area (Å²) in [6.07, 6.45) is 1.69. The van der Waals surface area contributed by atoms with Gasteiger partial charge in [-0.2, -0.15) is 0 Å². The Hall–Kier alpha value is -4.32. The molecule has 2 heterocycles. The number of benzene rings is 3. The molecule has 5 rings (SSSR count). The summed E-state index contributed by atoms with van der Waals surface area (Å²) in [7, 11) is 0. The Balaban J connectivity index is 1.72. The van der Waals surface area contributed by atoms with Crippen molar-refractivity contribution >= 4 is 39.7 Å². The lowest BCUT2D eigenvalue weighted by Gasteiger charge is -2.28. The lowest BCUT2D eigenvalue weighted by Crippen LogP contribution is -2.30. The van der Waals surface area contributed by atoms with Gasteiger partial charge in [0.15, 0.2) is 0 Å². The molecule has 0 radical (unpaired) electrons. The summed E-state index contributed by atoms with van der Waals surface area (Å²) in [4.78, 5) is 34.0. The van der Waals surface area contributed by atoms with Crippen molar-refractivity contribution in [2.45, 2.75) is 33.7 Å². The molecule has 1 saturated heterocycles. The average Bonchev–Trinajstić information content (AvgIpc) is 3.44. The van der Waals surface area contributed by atoms with Crippen LogP contribution >= 0.6 is 0 Å². The zero-order valence-electron chi connectivity index (χ0n) is 21.6. The van der Waals surface area contributed by atoms with Crippen LogP contribution in [-0.4, -0.2) is 34.9 Å². The first-order valence-electron chi connectivity index (χ1n) is 12.6. The van der Waals surface area contributed by atoms with E-state index in [1.165, 1.54) is 4.90 Å². The fraction of sp³-hybridized carbons (Fsp3) is 0.226. The number of aryl methyl sites for hydroxylation is 2. The number of hydrogen-bond acceptors (Lipinski definition) is 4. The van der Waals surface area contributed by atoms with Gasteiger partial charge >= 0.3 is 0 Å². The molecule has 1 unspecified atom stereocenters. The lowest BCUT2D eigenvalue weighted by molar-refractivity contribution is -0.132. The molecular weight excluding hydrogens is 462 g/mol. The smallest absolute Gasteiger partial charge is 0.300 e. The second kappa shape index (κ2) is 9.62. The van der Waals surface area contributed by atoms with E-state index in [4.69, 9.17) is 0 Å². The zero-order valence-corrected chi connectivity index (χ0v) is 21.6. The third kappa shape index (κ3) is 4.08. The average molecular weight is 494 g/mol. The van der Waals surface area contributed by atoms with Crippen LogP contribution in [0.2, 0.25) is 0 Å². The summed E-state index contributed by atoms with van der Waals surface area (Å²) < 4.78 is 0. The van der Waals surface area contributed by atoms with Gasteiger partial charge in [0.05, 0.1) is 11.6 Å². The summed E-state index contributed by atoms with van der Waals surface area (Å²) >= 11 is 0. The first-order chi connectivity index (χ1) is 17.8. The highest BCUT2D eigenvalue weighted by Crippen LogP contribution is 2.44.